The Morgan fingerprint density at radius 1 is 1.12 bits per heavy atom. The second-order valence-corrected chi connectivity index (χ2v) is 5.91. The molecule has 8 heteroatoms. The van der Waals surface area contributed by atoms with Crippen LogP contribution in [-0.4, -0.2) is 33.8 Å². The van der Waals surface area contributed by atoms with E-state index >= 15 is 0 Å². The monoisotopic (exact) mass is 340 g/mol. The summed E-state index contributed by atoms with van der Waals surface area (Å²) < 4.78 is 47.1. The average Bonchev–Trinajstić information content (AvgIpc) is 2.80. The summed E-state index contributed by atoms with van der Waals surface area (Å²) >= 11 is 0. The summed E-state index contributed by atoms with van der Waals surface area (Å²) in [5.74, 6) is -1.28. The van der Waals surface area contributed by atoms with Gasteiger partial charge in [0.2, 0.25) is 11.9 Å². The summed E-state index contributed by atoms with van der Waals surface area (Å²) in [6.07, 6.45) is 0.143. The third-order valence-corrected chi connectivity index (χ3v) is 4.12. The lowest BCUT2D eigenvalue weighted by Gasteiger charge is -2.21. The topological polar surface area (TPSA) is 43.2 Å². The van der Waals surface area contributed by atoms with Crippen LogP contribution < -0.4 is 9.64 Å². The third-order valence-electron chi connectivity index (χ3n) is 4.12. The van der Waals surface area contributed by atoms with Crippen LogP contribution in [-0.2, 0) is 13.7 Å². The van der Waals surface area contributed by atoms with Crippen molar-refractivity contribution < 1.29 is 17.9 Å². The first-order valence-corrected chi connectivity index (χ1v) is 7.84. The largest absolute Gasteiger partial charge is 0.486 e. The molecule has 2 heterocycles. The minimum absolute atomic E-state index is 0.0954. The molecular formula is C16H19F3N4O. The van der Waals surface area contributed by atoms with E-state index in [1.165, 1.54) is 24.3 Å². The SMILES string of the molecule is Cn1c(COc2ccc(F)cc2)nnc1N1CCCC(F)(F)CC1. The maximum absolute atomic E-state index is 13.5. The maximum Gasteiger partial charge on any atom is 0.249 e. The van der Waals surface area contributed by atoms with Gasteiger partial charge in [-0.25, -0.2) is 13.2 Å². The number of anilines is 1. The Labute approximate surface area is 138 Å². The molecule has 1 aromatic carbocycles. The number of hydrogen-bond donors (Lipinski definition) is 0. The summed E-state index contributed by atoms with van der Waals surface area (Å²) in [6, 6.07) is 5.69. The number of alkyl halides is 2. The molecule has 1 aliphatic rings. The molecule has 0 saturated carbocycles. The van der Waals surface area contributed by atoms with E-state index < -0.39 is 5.92 Å². The number of ether oxygens (including phenoxy) is 1. The van der Waals surface area contributed by atoms with Crippen LogP contribution in [0.3, 0.4) is 0 Å². The molecule has 0 atom stereocenters. The summed E-state index contributed by atoms with van der Waals surface area (Å²) in [6.45, 7) is 0.942. The molecule has 130 valence electrons. The van der Waals surface area contributed by atoms with Gasteiger partial charge in [-0.1, -0.05) is 0 Å². The van der Waals surface area contributed by atoms with Gasteiger partial charge < -0.3 is 9.64 Å². The molecule has 0 radical (unpaired) electrons. The summed E-state index contributed by atoms with van der Waals surface area (Å²) in [4.78, 5) is 1.83. The quantitative estimate of drug-likeness (QED) is 0.858. The van der Waals surface area contributed by atoms with E-state index in [0.717, 1.165) is 0 Å². The highest BCUT2D eigenvalue weighted by Crippen LogP contribution is 2.29. The molecule has 2 aromatic rings. The van der Waals surface area contributed by atoms with Crippen molar-refractivity contribution in [3.63, 3.8) is 0 Å². The summed E-state index contributed by atoms with van der Waals surface area (Å²) in [5, 5.41) is 8.18. The third kappa shape index (κ3) is 3.80. The molecule has 1 saturated heterocycles. The number of halogens is 3. The fraction of sp³-hybridized carbons (Fsp3) is 0.500. The number of rotatable bonds is 4. The van der Waals surface area contributed by atoms with E-state index in [9.17, 15) is 13.2 Å². The summed E-state index contributed by atoms with van der Waals surface area (Å²) in [5.41, 5.74) is 0. The van der Waals surface area contributed by atoms with Gasteiger partial charge in [0.15, 0.2) is 5.82 Å². The molecule has 0 aliphatic carbocycles. The van der Waals surface area contributed by atoms with E-state index in [1.807, 2.05) is 4.90 Å². The van der Waals surface area contributed by atoms with Crippen molar-refractivity contribution in [2.75, 3.05) is 18.0 Å². The van der Waals surface area contributed by atoms with Crippen molar-refractivity contribution in [2.24, 2.45) is 7.05 Å². The zero-order valence-corrected chi connectivity index (χ0v) is 13.4. The van der Waals surface area contributed by atoms with Crippen LogP contribution in [0.25, 0.3) is 0 Å². The van der Waals surface area contributed by atoms with Crippen LogP contribution in [0.5, 0.6) is 5.75 Å². The van der Waals surface area contributed by atoms with Crippen molar-refractivity contribution in [1.29, 1.82) is 0 Å². The lowest BCUT2D eigenvalue weighted by Crippen LogP contribution is -2.28. The minimum Gasteiger partial charge on any atom is -0.486 e. The molecule has 0 N–H and O–H groups in total. The second-order valence-electron chi connectivity index (χ2n) is 5.91. The highest BCUT2D eigenvalue weighted by Gasteiger charge is 2.32. The molecule has 0 spiro atoms. The van der Waals surface area contributed by atoms with Crippen molar-refractivity contribution in [1.82, 2.24) is 14.8 Å². The van der Waals surface area contributed by atoms with Gasteiger partial charge in [-0.05, 0) is 30.7 Å². The van der Waals surface area contributed by atoms with Gasteiger partial charge >= 0.3 is 0 Å². The van der Waals surface area contributed by atoms with Crippen LogP contribution in [0.1, 0.15) is 25.1 Å². The van der Waals surface area contributed by atoms with Gasteiger partial charge in [0.25, 0.3) is 0 Å². The molecule has 5 nitrogen and oxygen atoms in total. The fourth-order valence-electron chi connectivity index (χ4n) is 2.70. The molecule has 0 bridgehead atoms. The number of hydrogen-bond acceptors (Lipinski definition) is 4. The Morgan fingerprint density at radius 3 is 2.62 bits per heavy atom. The van der Waals surface area contributed by atoms with Gasteiger partial charge in [-0.3, -0.25) is 4.57 Å². The molecule has 1 aromatic heterocycles. The highest BCUT2D eigenvalue weighted by molar-refractivity contribution is 5.31. The van der Waals surface area contributed by atoms with E-state index in [0.29, 0.717) is 30.5 Å². The smallest absolute Gasteiger partial charge is 0.249 e. The minimum atomic E-state index is -2.61. The first-order chi connectivity index (χ1) is 11.4. The van der Waals surface area contributed by atoms with Crippen LogP contribution >= 0.6 is 0 Å². The number of nitrogens with zero attached hydrogens (tertiary/aromatic N) is 4. The number of benzene rings is 1. The Bertz CT molecular complexity index is 687. The Kier molecular flexibility index (Phi) is 4.64. The normalized spacial score (nSPS) is 17.6. The fourth-order valence-corrected chi connectivity index (χ4v) is 2.70. The lowest BCUT2D eigenvalue weighted by atomic mass is 10.1. The van der Waals surface area contributed by atoms with Crippen LogP contribution in [0.15, 0.2) is 24.3 Å². The maximum atomic E-state index is 13.5. The molecule has 0 unspecified atom stereocenters. The predicted octanol–water partition coefficient (Wildman–Crippen LogP) is 3.16. The molecule has 3 rings (SSSR count). The Morgan fingerprint density at radius 2 is 1.88 bits per heavy atom. The van der Waals surface area contributed by atoms with E-state index in [1.54, 1.807) is 11.6 Å². The van der Waals surface area contributed by atoms with Crippen LogP contribution in [0.2, 0.25) is 0 Å². The zero-order chi connectivity index (χ0) is 17.2. The molecule has 1 fully saturated rings. The summed E-state index contributed by atoms with van der Waals surface area (Å²) in [7, 11) is 1.78. The Balaban J connectivity index is 1.66. The highest BCUT2D eigenvalue weighted by atomic mass is 19.3. The van der Waals surface area contributed by atoms with Crippen molar-refractivity contribution in [2.45, 2.75) is 31.8 Å². The lowest BCUT2D eigenvalue weighted by molar-refractivity contribution is -0.0102. The number of aromatic nitrogens is 3. The molecular weight excluding hydrogens is 321 g/mol. The predicted molar refractivity (Wildman–Crippen MR) is 82.7 cm³/mol. The molecule has 24 heavy (non-hydrogen) atoms. The van der Waals surface area contributed by atoms with Gasteiger partial charge in [0.05, 0.1) is 0 Å². The van der Waals surface area contributed by atoms with Crippen molar-refractivity contribution >= 4 is 5.95 Å². The zero-order valence-electron chi connectivity index (χ0n) is 13.4. The van der Waals surface area contributed by atoms with E-state index in [-0.39, 0.29) is 31.8 Å². The first-order valence-electron chi connectivity index (χ1n) is 7.84. The van der Waals surface area contributed by atoms with E-state index in [4.69, 9.17) is 4.74 Å². The van der Waals surface area contributed by atoms with Crippen LogP contribution in [0, 0.1) is 5.82 Å². The molecule has 0 amide bonds. The van der Waals surface area contributed by atoms with E-state index in [2.05, 4.69) is 10.2 Å². The standard InChI is InChI=1S/C16H19F3N4O/c1-22-14(11-24-13-5-3-12(17)4-6-13)20-21-15(22)23-9-2-7-16(18,19)8-10-23/h3-6H,2,7-11H2,1H3. The Hall–Kier alpha value is -2.25. The molecule has 1 aliphatic heterocycles. The van der Waals surface area contributed by atoms with Crippen LogP contribution in [0.4, 0.5) is 19.1 Å². The second kappa shape index (κ2) is 6.70. The van der Waals surface area contributed by atoms with Gasteiger partial charge in [-0.2, -0.15) is 0 Å². The van der Waals surface area contributed by atoms with Gasteiger partial charge in [0.1, 0.15) is 18.2 Å². The van der Waals surface area contributed by atoms with Gasteiger partial charge in [-0.15, -0.1) is 10.2 Å². The average molecular weight is 340 g/mol. The van der Waals surface area contributed by atoms with Crippen molar-refractivity contribution in [3.05, 3.63) is 35.9 Å². The van der Waals surface area contributed by atoms with Crippen molar-refractivity contribution in [3.8, 4) is 5.75 Å². The first kappa shape index (κ1) is 16.6. The van der Waals surface area contributed by atoms with Gasteiger partial charge in [0, 0.05) is 33.0 Å².